The van der Waals surface area contributed by atoms with Crippen molar-refractivity contribution in [1.82, 2.24) is 4.90 Å². The summed E-state index contributed by atoms with van der Waals surface area (Å²) in [6.07, 6.45) is 2.41. The summed E-state index contributed by atoms with van der Waals surface area (Å²) in [6, 6.07) is 11.5. The van der Waals surface area contributed by atoms with Crippen LogP contribution in [0.25, 0.3) is 0 Å². The third kappa shape index (κ3) is 6.25. The van der Waals surface area contributed by atoms with Crippen molar-refractivity contribution < 1.29 is 14.3 Å². The number of urea groups is 1. The minimum atomic E-state index is -0.326. The van der Waals surface area contributed by atoms with Gasteiger partial charge in [0, 0.05) is 35.1 Å². The van der Waals surface area contributed by atoms with Gasteiger partial charge >= 0.3 is 6.03 Å². The lowest BCUT2D eigenvalue weighted by atomic mass is 10.2. The first-order chi connectivity index (χ1) is 13.6. The maximum atomic E-state index is 13.0. The number of thioether (sulfide) groups is 1. The molecule has 3 rings (SSSR count). The summed E-state index contributed by atoms with van der Waals surface area (Å²) >= 11 is 3.15. The number of benzene rings is 1. The number of hydrogen-bond donors (Lipinski definition) is 2. The number of nitrogens with zero attached hydrogens (tertiary/aromatic N) is 1. The average molecular weight is 420 g/mol. The lowest BCUT2D eigenvalue weighted by molar-refractivity contribution is -0.117. The molecular formula is C20H25N3O3S2. The molecule has 150 valence electrons. The molecule has 0 spiro atoms. The zero-order valence-corrected chi connectivity index (χ0v) is 17.3. The fraction of sp³-hybridized carbons (Fsp3) is 0.400. The normalized spacial score (nSPS) is 16.1. The minimum Gasteiger partial charge on any atom is -0.376 e. The maximum Gasteiger partial charge on any atom is 0.322 e. The molecule has 0 aliphatic carbocycles. The van der Waals surface area contributed by atoms with Crippen LogP contribution in [0.2, 0.25) is 0 Å². The Kier molecular flexibility index (Phi) is 7.76. The van der Waals surface area contributed by atoms with E-state index in [1.807, 2.05) is 46.7 Å². The van der Waals surface area contributed by atoms with Gasteiger partial charge in [0.1, 0.15) is 0 Å². The summed E-state index contributed by atoms with van der Waals surface area (Å²) in [5.41, 5.74) is 5.96. The largest absolute Gasteiger partial charge is 0.376 e. The van der Waals surface area contributed by atoms with Crippen LogP contribution in [0.15, 0.2) is 46.7 Å². The van der Waals surface area contributed by atoms with E-state index in [2.05, 4.69) is 5.32 Å². The molecular weight excluding hydrogens is 394 g/mol. The summed E-state index contributed by atoms with van der Waals surface area (Å²) in [4.78, 5) is 27.9. The first-order valence-electron chi connectivity index (χ1n) is 9.32. The molecule has 1 aromatic heterocycles. The summed E-state index contributed by atoms with van der Waals surface area (Å²) in [6.45, 7) is 1.89. The second-order valence-electron chi connectivity index (χ2n) is 6.59. The van der Waals surface area contributed by atoms with Crippen LogP contribution in [0.4, 0.5) is 10.5 Å². The fourth-order valence-electron chi connectivity index (χ4n) is 3.00. The number of anilines is 1. The number of carbonyl (C=O) groups excluding carboxylic acids is 2. The number of primary amides is 1. The van der Waals surface area contributed by atoms with Gasteiger partial charge in [-0.15, -0.1) is 23.1 Å². The van der Waals surface area contributed by atoms with E-state index in [9.17, 15) is 9.59 Å². The van der Waals surface area contributed by atoms with E-state index in [0.717, 1.165) is 34.9 Å². The van der Waals surface area contributed by atoms with Crippen LogP contribution < -0.4 is 11.1 Å². The highest BCUT2D eigenvalue weighted by Crippen LogP contribution is 2.28. The Morgan fingerprint density at radius 1 is 1.29 bits per heavy atom. The number of carbonyl (C=O) groups is 2. The molecule has 0 radical (unpaired) electrons. The zero-order chi connectivity index (χ0) is 19.8. The van der Waals surface area contributed by atoms with Crippen LogP contribution in [-0.4, -0.2) is 41.8 Å². The molecule has 28 heavy (non-hydrogen) atoms. The molecule has 8 heteroatoms. The van der Waals surface area contributed by atoms with Gasteiger partial charge in [-0.2, -0.15) is 0 Å². The molecule has 1 aromatic carbocycles. The van der Waals surface area contributed by atoms with Gasteiger partial charge in [0.15, 0.2) is 0 Å². The number of hydrogen-bond acceptors (Lipinski definition) is 5. The van der Waals surface area contributed by atoms with Crippen molar-refractivity contribution in [3.05, 3.63) is 46.7 Å². The van der Waals surface area contributed by atoms with Crippen LogP contribution in [-0.2, 0) is 16.1 Å². The van der Waals surface area contributed by atoms with E-state index in [0.29, 0.717) is 25.3 Å². The van der Waals surface area contributed by atoms with E-state index in [4.69, 9.17) is 10.5 Å². The summed E-state index contributed by atoms with van der Waals surface area (Å²) in [5, 5.41) is 5.05. The lowest BCUT2D eigenvalue weighted by Gasteiger charge is -2.26. The summed E-state index contributed by atoms with van der Waals surface area (Å²) in [7, 11) is 0. The number of para-hydroxylation sites is 1. The predicted octanol–water partition coefficient (Wildman–Crippen LogP) is 3.93. The Labute approximate surface area is 173 Å². The smallest absolute Gasteiger partial charge is 0.322 e. The molecule has 0 saturated carbocycles. The van der Waals surface area contributed by atoms with Gasteiger partial charge < -0.3 is 20.7 Å². The van der Waals surface area contributed by atoms with Crippen LogP contribution in [0.5, 0.6) is 0 Å². The van der Waals surface area contributed by atoms with Gasteiger partial charge in [-0.3, -0.25) is 4.79 Å². The van der Waals surface area contributed by atoms with Gasteiger partial charge in [0.25, 0.3) is 0 Å². The topological polar surface area (TPSA) is 84.7 Å². The third-order valence-corrected chi connectivity index (χ3v) is 6.33. The quantitative estimate of drug-likeness (QED) is 0.603. The third-order valence-electron chi connectivity index (χ3n) is 4.40. The number of nitrogens with two attached hydrogens (primary N) is 1. The van der Waals surface area contributed by atoms with E-state index >= 15 is 0 Å². The molecule has 1 aliphatic rings. The van der Waals surface area contributed by atoms with Gasteiger partial charge in [-0.25, -0.2) is 4.79 Å². The lowest BCUT2D eigenvalue weighted by Crippen LogP contribution is -2.39. The number of nitrogens with one attached hydrogen (secondary N) is 1. The molecule has 3 N–H and O–H groups in total. The average Bonchev–Trinajstić information content (AvgIpc) is 3.36. The highest BCUT2D eigenvalue weighted by atomic mass is 32.2. The molecule has 3 amide bonds. The zero-order valence-electron chi connectivity index (χ0n) is 15.6. The fourth-order valence-corrected chi connectivity index (χ4v) is 4.69. The van der Waals surface area contributed by atoms with Crippen LogP contribution in [0.3, 0.4) is 0 Å². The second-order valence-corrected chi connectivity index (χ2v) is 8.75. The summed E-state index contributed by atoms with van der Waals surface area (Å²) < 4.78 is 5.74. The highest BCUT2D eigenvalue weighted by molar-refractivity contribution is 7.99. The van der Waals surface area contributed by atoms with E-state index in [1.54, 1.807) is 11.3 Å². The molecule has 0 bridgehead atoms. The molecule has 6 nitrogen and oxygen atoms in total. The predicted molar refractivity (Wildman–Crippen MR) is 114 cm³/mol. The van der Waals surface area contributed by atoms with Gasteiger partial charge in [-0.05, 0) is 36.4 Å². The summed E-state index contributed by atoms with van der Waals surface area (Å²) in [5.74, 6) is 0.254. The number of rotatable bonds is 9. The molecule has 2 aromatic rings. The van der Waals surface area contributed by atoms with Crippen molar-refractivity contribution in [2.45, 2.75) is 36.8 Å². The molecule has 1 fully saturated rings. The van der Waals surface area contributed by atoms with Crippen molar-refractivity contribution >= 4 is 40.7 Å². The van der Waals surface area contributed by atoms with Crippen molar-refractivity contribution in [3.8, 4) is 0 Å². The Balaban J connectivity index is 1.67. The monoisotopic (exact) mass is 419 g/mol. The van der Waals surface area contributed by atoms with Gasteiger partial charge in [0.05, 0.1) is 18.3 Å². The van der Waals surface area contributed by atoms with Crippen molar-refractivity contribution in [1.29, 1.82) is 0 Å². The first-order valence-corrected chi connectivity index (χ1v) is 11.2. The highest BCUT2D eigenvalue weighted by Gasteiger charge is 2.23. The standard InChI is InChI=1S/C20H25N3O3S2/c21-19(24)9-12-28-18-8-2-1-7-17(18)22-20(25)23(13-15-5-3-10-26-15)14-16-6-4-11-27-16/h1-2,4,6-8,11,15H,3,5,9-10,12-14H2,(H2,21,24)(H,22,25). The van der Waals surface area contributed by atoms with Crippen LogP contribution >= 0.6 is 23.1 Å². The van der Waals surface area contributed by atoms with E-state index in [1.165, 1.54) is 11.8 Å². The molecule has 2 heterocycles. The second kappa shape index (κ2) is 10.5. The number of thiophene rings is 1. The molecule has 1 atom stereocenters. The Hall–Kier alpha value is -2.03. The number of ether oxygens (including phenoxy) is 1. The van der Waals surface area contributed by atoms with Gasteiger partial charge in [0.2, 0.25) is 5.91 Å². The van der Waals surface area contributed by atoms with Crippen molar-refractivity contribution in [2.75, 3.05) is 24.2 Å². The molecule has 1 saturated heterocycles. The van der Waals surface area contributed by atoms with Crippen LogP contribution in [0.1, 0.15) is 24.1 Å². The molecule has 1 unspecified atom stereocenters. The number of amides is 3. The van der Waals surface area contributed by atoms with E-state index < -0.39 is 0 Å². The minimum absolute atomic E-state index is 0.0888. The van der Waals surface area contributed by atoms with Gasteiger partial charge in [-0.1, -0.05) is 18.2 Å². The first kappa shape index (κ1) is 20.7. The Bertz CT molecular complexity index is 777. The Morgan fingerprint density at radius 3 is 2.86 bits per heavy atom. The Morgan fingerprint density at radius 2 is 2.14 bits per heavy atom. The van der Waals surface area contributed by atoms with E-state index in [-0.39, 0.29) is 18.0 Å². The maximum absolute atomic E-state index is 13.0. The SMILES string of the molecule is NC(=O)CCSc1ccccc1NC(=O)N(Cc1cccs1)CC1CCCO1. The van der Waals surface area contributed by atoms with Crippen LogP contribution in [0, 0.1) is 0 Å². The molecule has 1 aliphatic heterocycles. The van der Waals surface area contributed by atoms with Crippen molar-refractivity contribution in [3.63, 3.8) is 0 Å². The van der Waals surface area contributed by atoms with Crippen molar-refractivity contribution in [2.24, 2.45) is 5.73 Å².